The van der Waals surface area contributed by atoms with Crippen LogP contribution in [-0.4, -0.2) is 14.8 Å². The van der Waals surface area contributed by atoms with Crippen LogP contribution in [0, 0.1) is 6.92 Å². The second kappa shape index (κ2) is 5.56. The van der Waals surface area contributed by atoms with Gasteiger partial charge in [-0.05, 0) is 30.2 Å². The van der Waals surface area contributed by atoms with Crippen molar-refractivity contribution in [2.45, 2.75) is 13.0 Å². The minimum absolute atomic E-state index is 0.0845. The molecule has 1 aliphatic rings. The molecule has 2 aromatic carbocycles. The van der Waals surface area contributed by atoms with Gasteiger partial charge in [0.15, 0.2) is 0 Å². The zero-order valence-corrected chi connectivity index (χ0v) is 13.3. The Hall–Kier alpha value is -2.59. The number of halogens is 1. The van der Waals surface area contributed by atoms with E-state index in [2.05, 4.69) is 52.7 Å². The van der Waals surface area contributed by atoms with Crippen molar-refractivity contribution in [1.29, 1.82) is 0 Å². The van der Waals surface area contributed by atoms with Crippen molar-refractivity contribution in [2.24, 2.45) is 0 Å². The van der Waals surface area contributed by atoms with E-state index in [0.29, 0.717) is 5.95 Å². The SMILES string of the molecule is Cc1ccc(C2=CC(c3ccccc3Cl)n3ncnc3N2)cc1. The van der Waals surface area contributed by atoms with Gasteiger partial charge in [0.2, 0.25) is 5.95 Å². The van der Waals surface area contributed by atoms with Gasteiger partial charge in [0.05, 0.1) is 0 Å². The van der Waals surface area contributed by atoms with Gasteiger partial charge in [0.25, 0.3) is 0 Å². The predicted octanol–water partition coefficient (Wildman–Crippen LogP) is 4.30. The van der Waals surface area contributed by atoms with Gasteiger partial charge in [-0.25, -0.2) is 4.68 Å². The van der Waals surface area contributed by atoms with E-state index in [1.165, 1.54) is 5.56 Å². The van der Waals surface area contributed by atoms with Crippen molar-refractivity contribution in [3.8, 4) is 0 Å². The molecule has 0 bridgehead atoms. The molecular formula is C18H15ClN4. The molecule has 5 heteroatoms. The molecule has 0 radical (unpaired) electrons. The van der Waals surface area contributed by atoms with Crippen molar-refractivity contribution in [3.05, 3.63) is 82.6 Å². The Morgan fingerprint density at radius 3 is 2.65 bits per heavy atom. The van der Waals surface area contributed by atoms with Crippen molar-refractivity contribution >= 4 is 23.2 Å². The zero-order valence-electron chi connectivity index (χ0n) is 12.6. The fourth-order valence-electron chi connectivity index (χ4n) is 2.77. The highest BCUT2D eigenvalue weighted by molar-refractivity contribution is 6.31. The molecule has 0 amide bonds. The molecule has 1 N–H and O–H groups in total. The van der Waals surface area contributed by atoms with Gasteiger partial charge in [0, 0.05) is 10.7 Å². The van der Waals surface area contributed by atoms with Crippen LogP contribution in [0.25, 0.3) is 5.70 Å². The third-order valence-electron chi connectivity index (χ3n) is 3.99. The van der Waals surface area contributed by atoms with E-state index in [4.69, 9.17) is 11.6 Å². The number of hydrogen-bond acceptors (Lipinski definition) is 3. The molecule has 23 heavy (non-hydrogen) atoms. The van der Waals surface area contributed by atoms with Crippen LogP contribution in [0.1, 0.15) is 22.7 Å². The molecule has 1 unspecified atom stereocenters. The molecule has 4 rings (SSSR count). The Morgan fingerprint density at radius 1 is 1.09 bits per heavy atom. The summed E-state index contributed by atoms with van der Waals surface area (Å²) < 4.78 is 1.85. The van der Waals surface area contributed by atoms with Crippen LogP contribution < -0.4 is 5.32 Å². The van der Waals surface area contributed by atoms with Gasteiger partial charge in [-0.3, -0.25) is 0 Å². The number of nitrogens with one attached hydrogen (secondary N) is 1. The molecule has 4 nitrogen and oxygen atoms in total. The number of fused-ring (bicyclic) bond motifs is 1. The number of aromatic nitrogens is 3. The summed E-state index contributed by atoms with van der Waals surface area (Å²) in [6.07, 6.45) is 3.69. The Bertz CT molecular complexity index is 880. The number of anilines is 1. The summed E-state index contributed by atoms with van der Waals surface area (Å²) in [5.41, 5.74) is 4.36. The first-order chi connectivity index (χ1) is 11.2. The lowest BCUT2D eigenvalue weighted by Gasteiger charge is -2.25. The Morgan fingerprint density at radius 2 is 1.87 bits per heavy atom. The summed E-state index contributed by atoms with van der Waals surface area (Å²) in [5.74, 6) is 0.716. The molecule has 0 fully saturated rings. The van der Waals surface area contributed by atoms with Crippen molar-refractivity contribution in [3.63, 3.8) is 0 Å². The van der Waals surface area contributed by atoms with Gasteiger partial charge in [-0.15, -0.1) is 0 Å². The van der Waals surface area contributed by atoms with Crippen molar-refractivity contribution in [1.82, 2.24) is 14.8 Å². The number of allylic oxidation sites excluding steroid dienone is 1. The largest absolute Gasteiger partial charge is 0.324 e. The smallest absolute Gasteiger partial charge is 0.226 e. The second-order valence-electron chi connectivity index (χ2n) is 5.57. The Labute approximate surface area is 139 Å². The zero-order chi connectivity index (χ0) is 15.8. The van der Waals surface area contributed by atoms with Crippen LogP contribution in [0.4, 0.5) is 5.95 Å². The van der Waals surface area contributed by atoms with E-state index in [1.807, 2.05) is 28.9 Å². The molecule has 1 aromatic heterocycles. The van der Waals surface area contributed by atoms with Gasteiger partial charge in [-0.1, -0.05) is 59.6 Å². The van der Waals surface area contributed by atoms with Gasteiger partial charge >= 0.3 is 0 Å². The quantitative estimate of drug-likeness (QED) is 0.765. The van der Waals surface area contributed by atoms with Crippen LogP contribution in [0.2, 0.25) is 5.02 Å². The van der Waals surface area contributed by atoms with Gasteiger partial charge in [-0.2, -0.15) is 10.1 Å². The van der Waals surface area contributed by atoms with Gasteiger partial charge < -0.3 is 5.32 Å². The average Bonchev–Trinajstić information content (AvgIpc) is 3.04. The van der Waals surface area contributed by atoms with E-state index in [1.54, 1.807) is 6.33 Å². The maximum absolute atomic E-state index is 6.39. The maximum atomic E-state index is 6.39. The molecule has 1 aliphatic heterocycles. The highest BCUT2D eigenvalue weighted by Gasteiger charge is 2.24. The molecule has 114 valence electrons. The topological polar surface area (TPSA) is 42.7 Å². The third kappa shape index (κ3) is 2.51. The molecule has 1 atom stereocenters. The number of rotatable bonds is 2. The molecule has 0 saturated carbocycles. The first kappa shape index (κ1) is 14.0. The monoisotopic (exact) mass is 322 g/mol. The van der Waals surface area contributed by atoms with E-state index in [0.717, 1.165) is 21.8 Å². The lowest BCUT2D eigenvalue weighted by Crippen LogP contribution is -2.20. The summed E-state index contributed by atoms with van der Waals surface area (Å²) in [6, 6.07) is 16.1. The lowest BCUT2D eigenvalue weighted by atomic mass is 10.0. The van der Waals surface area contributed by atoms with E-state index in [9.17, 15) is 0 Å². The van der Waals surface area contributed by atoms with Crippen LogP contribution >= 0.6 is 11.6 Å². The number of nitrogens with zero attached hydrogens (tertiary/aromatic N) is 3. The first-order valence-electron chi connectivity index (χ1n) is 7.42. The number of aryl methyl sites for hydroxylation is 1. The highest BCUT2D eigenvalue weighted by Crippen LogP contribution is 2.34. The highest BCUT2D eigenvalue weighted by atomic mass is 35.5. The molecule has 3 aromatic rings. The Kier molecular flexibility index (Phi) is 3.39. The van der Waals surface area contributed by atoms with Crippen LogP contribution in [0.3, 0.4) is 0 Å². The van der Waals surface area contributed by atoms with E-state index < -0.39 is 0 Å². The standard InChI is InChI=1S/C18H15ClN4/c1-12-6-8-13(9-7-12)16-10-17(14-4-2-3-5-15(14)19)23-18(22-16)20-11-21-23/h2-11,17H,1H3,(H,20,21,22). The molecular weight excluding hydrogens is 308 g/mol. The van der Waals surface area contributed by atoms with Crippen LogP contribution in [-0.2, 0) is 0 Å². The normalized spacial score (nSPS) is 16.4. The maximum Gasteiger partial charge on any atom is 0.226 e. The molecule has 2 heterocycles. The summed E-state index contributed by atoms with van der Waals surface area (Å²) >= 11 is 6.39. The molecule has 0 aliphatic carbocycles. The minimum Gasteiger partial charge on any atom is -0.324 e. The number of benzene rings is 2. The summed E-state index contributed by atoms with van der Waals surface area (Å²) in [7, 11) is 0. The third-order valence-corrected chi connectivity index (χ3v) is 4.34. The summed E-state index contributed by atoms with van der Waals surface area (Å²) in [4.78, 5) is 4.31. The van der Waals surface area contributed by atoms with Crippen LogP contribution in [0.5, 0.6) is 0 Å². The number of hydrogen-bond donors (Lipinski definition) is 1. The van der Waals surface area contributed by atoms with Crippen LogP contribution in [0.15, 0.2) is 60.9 Å². The fraction of sp³-hybridized carbons (Fsp3) is 0.111. The van der Waals surface area contributed by atoms with Crippen molar-refractivity contribution in [2.75, 3.05) is 5.32 Å². The predicted molar refractivity (Wildman–Crippen MR) is 92.4 cm³/mol. The average molecular weight is 323 g/mol. The second-order valence-corrected chi connectivity index (χ2v) is 5.97. The fourth-order valence-corrected chi connectivity index (χ4v) is 3.02. The van der Waals surface area contributed by atoms with E-state index >= 15 is 0 Å². The first-order valence-corrected chi connectivity index (χ1v) is 7.80. The molecule has 0 spiro atoms. The Balaban J connectivity index is 1.83. The van der Waals surface area contributed by atoms with E-state index in [-0.39, 0.29) is 6.04 Å². The van der Waals surface area contributed by atoms with Gasteiger partial charge in [0.1, 0.15) is 12.4 Å². The minimum atomic E-state index is -0.0845. The lowest BCUT2D eigenvalue weighted by molar-refractivity contribution is 0.612. The summed E-state index contributed by atoms with van der Waals surface area (Å²) in [6.45, 7) is 2.08. The summed E-state index contributed by atoms with van der Waals surface area (Å²) in [5, 5.41) is 8.40. The molecule has 0 saturated heterocycles. The van der Waals surface area contributed by atoms with Crippen molar-refractivity contribution < 1.29 is 0 Å².